The zero-order valence-electron chi connectivity index (χ0n) is 10.7. The maximum atomic E-state index is 12.0. The molecular formula is C15H17ClN2O. The largest absolute Gasteiger partial charge is 0.322 e. The number of hydrogen-bond acceptors (Lipinski definition) is 1. The van der Waals surface area contributed by atoms with Crippen LogP contribution in [0.2, 0.25) is 5.02 Å². The maximum absolute atomic E-state index is 12.0. The van der Waals surface area contributed by atoms with Gasteiger partial charge in [0.2, 0.25) is 0 Å². The van der Waals surface area contributed by atoms with Crippen molar-refractivity contribution in [2.45, 2.75) is 37.6 Å². The van der Waals surface area contributed by atoms with Gasteiger partial charge in [0.05, 0.1) is 0 Å². The minimum Gasteiger partial charge on any atom is -0.322 e. The van der Waals surface area contributed by atoms with Crippen LogP contribution < -0.4 is 10.6 Å². The van der Waals surface area contributed by atoms with Crippen molar-refractivity contribution in [3.63, 3.8) is 0 Å². The number of benzene rings is 1. The molecule has 0 aliphatic heterocycles. The highest BCUT2D eigenvalue weighted by atomic mass is 35.5. The van der Waals surface area contributed by atoms with Gasteiger partial charge in [0.25, 0.3) is 0 Å². The zero-order valence-corrected chi connectivity index (χ0v) is 11.5. The summed E-state index contributed by atoms with van der Waals surface area (Å²) in [4.78, 5) is 12.0. The fourth-order valence-corrected chi connectivity index (χ4v) is 2.50. The molecule has 0 unspecified atom stereocenters. The normalized spacial score (nSPS) is 17.3. The van der Waals surface area contributed by atoms with Crippen LogP contribution in [0, 0.1) is 12.3 Å². The van der Waals surface area contributed by atoms with E-state index < -0.39 is 5.54 Å². The molecule has 19 heavy (non-hydrogen) atoms. The minimum atomic E-state index is -0.491. The number of anilines is 1. The third-order valence-electron chi connectivity index (χ3n) is 3.44. The Balaban J connectivity index is 1.96. The van der Waals surface area contributed by atoms with Crippen molar-refractivity contribution in [2.75, 3.05) is 5.32 Å². The van der Waals surface area contributed by atoms with E-state index in [2.05, 4.69) is 16.6 Å². The number of carbonyl (C=O) groups is 1. The lowest BCUT2D eigenvalue weighted by Gasteiger charge is -2.33. The Morgan fingerprint density at radius 3 is 2.42 bits per heavy atom. The van der Waals surface area contributed by atoms with Crippen LogP contribution in [0.15, 0.2) is 24.3 Å². The molecule has 1 aliphatic carbocycles. The van der Waals surface area contributed by atoms with E-state index >= 15 is 0 Å². The van der Waals surface area contributed by atoms with Gasteiger partial charge in [0, 0.05) is 10.7 Å². The van der Waals surface area contributed by atoms with Crippen molar-refractivity contribution in [2.24, 2.45) is 0 Å². The average molecular weight is 277 g/mol. The number of amides is 2. The molecule has 0 atom stereocenters. The first-order valence-electron chi connectivity index (χ1n) is 6.46. The van der Waals surface area contributed by atoms with E-state index in [0.29, 0.717) is 10.7 Å². The average Bonchev–Trinajstić information content (AvgIpc) is 2.42. The van der Waals surface area contributed by atoms with Crippen LogP contribution >= 0.6 is 11.6 Å². The van der Waals surface area contributed by atoms with E-state index in [9.17, 15) is 4.79 Å². The van der Waals surface area contributed by atoms with Crippen LogP contribution in [-0.4, -0.2) is 11.6 Å². The lowest BCUT2D eigenvalue weighted by atomic mass is 9.82. The summed E-state index contributed by atoms with van der Waals surface area (Å²) >= 11 is 5.79. The molecule has 100 valence electrons. The summed E-state index contributed by atoms with van der Waals surface area (Å²) in [5.41, 5.74) is 0.208. The first-order chi connectivity index (χ1) is 9.13. The van der Waals surface area contributed by atoms with Crippen molar-refractivity contribution >= 4 is 23.3 Å². The lowest BCUT2D eigenvalue weighted by molar-refractivity contribution is 0.234. The fourth-order valence-electron chi connectivity index (χ4n) is 2.37. The first-order valence-corrected chi connectivity index (χ1v) is 6.84. The number of nitrogens with one attached hydrogen (secondary N) is 2. The molecule has 1 saturated carbocycles. The van der Waals surface area contributed by atoms with Gasteiger partial charge in [-0.15, -0.1) is 6.42 Å². The molecule has 3 nitrogen and oxygen atoms in total. The number of rotatable bonds is 2. The number of terminal acetylenes is 1. The van der Waals surface area contributed by atoms with Crippen molar-refractivity contribution in [1.29, 1.82) is 0 Å². The Morgan fingerprint density at radius 1 is 1.21 bits per heavy atom. The molecule has 0 bridgehead atoms. The summed E-state index contributed by atoms with van der Waals surface area (Å²) < 4.78 is 0. The second kappa shape index (κ2) is 5.99. The summed E-state index contributed by atoms with van der Waals surface area (Å²) in [5.74, 6) is 2.75. The number of urea groups is 1. The van der Waals surface area contributed by atoms with Gasteiger partial charge in [-0.3, -0.25) is 0 Å². The van der Waals surface area contributed by atoms with Crippen molar-refractivity contribution in [3.8, 4) is 12.3 Å². The molecule has 0 saturated heterocycles. The second-order valence-corrected chi connectivity index (χ2v) is 5.31. The van der Waals surface area contributed by atoms with E-state index in [1.807, 2.05) is 0 Å². The Labute approximate surface area is 118 Å². The maximum Gasteiger partial charge on any atom is 0.320 e. The molecule has 0 radical (unpaired) electrons. The van der Waals surface area contributed by atoms with E-state index in [1.54, 1.807) is 24.3 Å². The smallest absolute Gasteiger partial charge is 0.320 e. The third kappa shape index (κ3) is 3.65. The van der Waals surface area contributed by atoms with Crippen LogP contribution in [0.4, 0.5) is 10.5 Å². The fraction of sp³-hybridized carbons (Fsp3) is 0.400. The van der Waals surface area contributed by atoms with E-state index in [0.717, 1.165) is 25.7 Å². The van der Waals surface area contributed by atoms with Gasteiger partial charge in [0.15, 0.2) is 0 Å². The van der Waals surface area contributed by atoms with E-state index in [1.165, 1.54) is 6.42 Å². The zero-order chi connectivity index (χ0) is 13.7. The summed E-state index contributed by atoms with van der Waals surface area (Å²) in [7, 11) is 0. The number of hydrogen-bond donors (Lipinski definition) is 2. The van der Waals surface area contributed by atoms with Gasteiger partial charge < -0.3 is 10.6 Å². The molecule has 1 aliphatic rings. The van der Waals surface area contributed by atoms with Gasteiger partial charge in [0.1, 0.15) is 5.54 Å². The van der Waals surface area contributed by atoms with Gasteiger partial charge in [-0.25, -0.2) is 4.79 Å². The van der Waals surface area contributed by atoms with Crippen molar-refractivity contribution in [3.05, 3.63) is 29.3 Å². The second-order valence-electron chi connectivity index (χ2n) is 4.87. The van der Waals surface area contributed by atoms with Crippen LogP contribution in [0.1, 0.15) is 32.1 Å². The first kappa shape index (κ1) is 13.8. The summed E-state index contributed by atoms with van der Waals surface area (Å²) in [6.07, 6.45) is 10.6. The van der Waals surface area contributed by atoms with Gasteiger partial charge in [-0.05, 0) is 37.1 Å². The summed E-state index contributed by atoms with van der Waals surface area (Å²) in [6, 6.07) is 6.71. The Morgan fingerprint density at radius 2 is 1.84 bits per heavy atom. The van der Waals surface area contributed by atoms with Crippen LogP contribution in [0.3, 0.4) is 0 Å². The Kier molecular flexibility index (Phi) is 4.34. The SMILES string of the molecule is C#CC1(NC(=O)Nc2ccc(Cl)cc2)CCCCC1. The quantitative estimate of drug-likeness (QED) is 0.793. The van der Waals surface area contributed by atoms with E-state index in [4.69, 9.17) is 18.0 Å². The number of carbonyl (C=O) groups excluding carboxylic acids is 1. The van der Waals surface area contributed by atoms with Crippen molar-refractivity contribution in [1.82, 2.24) is 5.32 Å². The number of halogens is 1. The molecule has 0 heterocycles. The molecule has 2 N–H and O–H groups in total. The lowest BCUT2D eigenvalue weighted by Crippen LogP contribution is -2.50. The molecular weight excluding hydrogens is 260 g/mol. The van der Waals surface area contributed by atoms with Crippen LogP contribution in [0.5, 0.6) is 0 Å². The van der Waals surface area contributed by atoms with Gasteiger partial charge >= 0.3 is 6.03 Å². The molecule has 2 amide bonds. The predicted octanol–water partition coefficient (Wildman–Crippen LogP) is 3.80. The highest BCUT2D eigenvalue weighted by Crippen LogP contribution is 2.27. The highest BCUT2D eigenvalue weighted by molar-refractivity contribution is 6.30. The summed E-state index contributed by atoms with van der Waals surface area (Å²) in [5, 5.41) is 6.33. The van der Waals surface area contributed by atoms with Gasteiger partial charge in [-0.1, -0.05) is 36.8 Å². The molecule has 0 aromatic heterocycles. The Bertz CT molecular complexity index is 484. The standard InChI is InChI=1S/C15H17ClN2O/c1-2-15(10-4-3-5-11-15)18-14(19)17-13-8-6-12(16)7-9-13/h1,6-9H,3-5,10-11H2,(H2,17,18,19). The van der Waals surface area contributed by atoms with Crippen LogP contribution in [-0.2, 0) is 0 Å². The molecule has 4 heteroatoms. The molecule has 1 aromatic carbocycles. The molecule has 1 fully saturated rings. The minimum absolute atomic E-state index is 0.262. The van der Waals surface area contributed by atoms with E-state index in [-0.39, 0.29) is 6.03 Å². The Hall–Kier alpha value is -1.66. The molecule has 0 spiro atoms. The monoisotopic (exact) mass is 276 g/mol. The third-order valence-corrected chi connectivity index (χ3v) is 3.69. The highest BCUT2D eigenvalue weighted by Gasteiger charge is 2.31. The summed E-state index contributed by atoms with van der Waals surface area (Å²) in [6.45, 7) is 0. The molecule has 1 aromatic rings. The predicted molar refractivity (Wildman–Crippen MR) is 78.3 cm³/mol. The van der Waals surface area contributed by atoms with Crippen LogP contribution in [0.25, 0.3) is 0 Å². The molecule has 2 rings (SSSR count). The van der Waals surface area contributed by atoms with Crippen molar-refractivity contribution < 1.29 is 4.79 Å². The van der Waals surface area contributed by atoms with Gasteiger partial charge in [-0.2, -0.15) is 0 Å². The topological polar surface area (TPSA) is 41.1 Å².